The van der Waals surface area contributed by atoms with Gasteiger partial charge in [0.15, 0.2) is 5.84 Å². The Morgan fingerprint density at radius 2 is 2.10 bits per heavy atom. The number of aryl methyl sites for hydroxylation is 1. The van der Waals surface area contributed by atoms with Crippen molar-refractivity contribution in [3.8, 4) is 11.4 Å². The smallest absolute Gasteiger partial charge is 0.190 e. The zero-order valence-electron chi connectivity index (χ0n) is 11.4. The average molecular weight is 282 g/mol. The number of oxime groups is 1. The molecule has 1 aromatic carbocycles. The largest absolute Gasteiger partial charge is 0.409 e. The molecule has 0 atom stereocenters. The predicted octanol–water partition coefficient (Wildman–Crippen LogP) is 1.30. The van der Waals surface area contributed by atoms with E-state index < -0.39 is 0 Å². The van der Waals surface area contributed by atoms with Gasteiger partial charge < -0.3 is 10.9 Å². The summed E-state index contributed by atoms with van der Waals surface area (Å²) < 4.78 is 4.05. The lowest BCUT2D eigenvalue weighted by Gasteiger charge is -2.20. The van der Waals surface area contributed by atoms with Crippen molar-refractivity contribution in [3.63, 3.8) is 0 Å². The molecule has 7 nitrogen and oxygen atoms in total. The van der Waals surface area contributed by atoms with Crippen molar-refractivity contribution in [2.45, 2.75) is 13.3 Å². The van der Waals surface area contributed by atoms with Crippen molar-refractivity contribution < 1.29 is 5.21 Å². The second kappa shape index (κ2) is 4.02. The number of para-hydroxylation sites is 2. The number of rotatable bonds is 1. The summed E-state index contributed by atoms with van der Waals surface area (Å²) in [4.78, 5) is 4.30. The first-order chi connectivity index (χ1) is 10.2. The first-order valence-corrected chi connectivity index (χ1v) is 6.60. The Labute approximate surface area is 120 Å². The maximum atomic E-state index is 8.94. The molecule has 0 saturated carbocycles. The van der Waals surface area contributed by atoms with Crippen LogP contribution in [0.4, 0.5) is 0 Å². The normalized spacial score (nSPS) is 13.5. The molecule has 0 amide bonds. The number of imidazole rings is 1. The molecular formula is C14H14N6O. The summed E-state index contributed by atoms with van der Waals surface area (Å²) in [5.74, 6) is 0.0280. The Balaban J connectivity index is 2.04. The number of fused-ring (bicyclic) bond motifs is 5. The minimum Gasteiger partial charge on any atom is -0.409 e. The summed E-state index contributed by atoms with van der Waals surface area (Å²) in [6.45, 7) is 2.03. The van der Waals surface area contributed by atoms with Gasteiger partial charge in [0.25, 0.3) is 0 Å². The highest BCUT2D eigenvalue weighted by atomic mass is 16.4. The lowest BCUT2D eigenvalue weighted by atomic mass is 10.1. The van der Waals surface area contributed by atoms with E-state index in [2.05, 4.69) is 19.9 Å². The molecule has 0 aliphatic carbocycles. The van der Waals surface area contributed by atoms with Crippen LogP contribution < -0.4 is 5.73 Å². The molecule has 1 aliphatic rings. The first kappa shape index (κ1) is 11.8. The maximum Gasteiger partial charge on any atom is 0.190 e. The summed E-state index contributed by atoms with van der Waals surface area (Å²) in [6.07, 6.45) is 2.38. The summed E-state index contributed by atoms with van der Waals surface area (Å²) in [5, 5.41) is 15.3. The van der Waals surface area contributed by atoms with Crippen LogP contribution in [0.15, 0.2) is 35.7 Å². The lowest BCUT2D eigenvalue weighted by Crippen LogP contribution is -2.19. The maximum absolute atomic E-state index is 8.94. The van der Waals surface area contributed by atoms with Crippen LogP contribution in [0.1, 0.15) is 22.8 Å². The quantitative estimate of drug-likeness (QED) is 0.212. The molecule has 0 spiro atoms. The first-order valence-electron chi connectivity index (χ1n) is 6.60. The lowest BCUT2D eigenvalue weighted by molar-refractivity contribution is 0.318. The van der Waals surface area contributed by atoms with E-state index in [1.807, 2.05) is 35.8 Å². The number of aromatic amines is 1. The minimum atomic E-state index is 0.0280. The van der Waals surface area contributed by atoms with E-state index in [1.54, 1.807) is 6.33 Å². The number of benzene rings is 1. The Kier molecular flexibility index (Phi) is 2.26. The number of hydrogen-bond acceptors (Lipinski definition) is 3. The highest BCUT2D eigenvalue weighted by Gasteiger charge is 2.26. The molecule has 7 heteroatoms. The number of nitrogens with two attached hydrogens (primary N) is 1. The highest BCUT2D eigenvalue weighted by molar-refractivity contribution is 5.96. The molecule has 0 fully saturated rings. The molecule has 0 bridgehead atoms. The molecule has 3 heterocycles. The van der Waals surface area contributed by atoms with Gasteiger partial charge in [-0.15, -0.1) is 0 Å². The summed E-state index contributed by atoms with van der Waals surface area (Å²) in [7, 11) is 0. The van der Waals surface area contributed by atoms with Crippen LogP contribution in [-0.4, -0.2) is 30.4 Å². The number of amidine groups is 1. The zero-order valence-corrected chi connectivity index (χ0v) is 11.4. The van der Waals surface area contributed by atoms with Crippen molar-refractivity contribution in [1.29, 1.82) is 0 Å². The van der Waals surface area contributed by atoms with Gasteiger partial charge in [0, 0.05) is 6.42 Å². The van der Waals surface area contributed by atoms with Crippen molar-refractivity contribution in [2.24, 2.45) is 10.9 Å². The van der Waals surface area contributed by atoms with E-state index in [4.69, 9.17) is 10.9 Å². The summed E-state index contributed by atoms with van der Waals surface area (Å²) >= 11 is 0. The summed E-state index contributed by atoms with van der Waals surface area (Å²) in [6, 6.07) is 8.05. The number of H-pyrrole nitrogens is 1. The number of aromatic nitrogens is 4. The minimum absolute atomic E-state index is 0.0280. The molecule has 21 heavy (non-hydrogen) atoms. The third-order valence-corrected chi connectivity index (χ3v) is 3.92. The Morgan fingerprint density at radius 1 is 1.33 bits per heavy atom. The van der Waals surface area contributed by atoms with Gasteiger partial charge in [-0.3, -0.25) is 14.3 Å². The van der Waals surface area contributed by atoms with E-state index in [0.29, 0.717) is 12.1 Å². The van der Waals surface area contributed by atoms with Crippen LogP contribution in [0.5, 0.6) is 0 Å². The van der Waals surface area contributed by atoms with Gasteiger partial charge in [-0.2, -0.15) is 0 Å². The molecule has 1 aliphatic heterocycles. The van der Waals surface area contributed by atoms with Crippen molar-refractivity contribution in [2.75, 3.05) is 0 Å². The third-order valence-electron chi connectivity index (χ3n) is 3.92. The van der Waals surface area contributed by atoms with Crippen LogP contribution >= 0.6 is 0 Å². The van der Waals surface area contributed by atoms with Crippen molar-refractivity contribution >= 4 is 5.84 Å². The second-order valence-electron chi connectivity index (χ2n) is 5.08. The fraction of sp³-hybridized carbons (Fsp3) is 0.143. The monoisotopic (exact) mass is 282 g/mol. The molecule has 0 unspecified atom stereocenters. The third kappa shape index (κ3) is 1.48. The van der Waals surface area contributed by atoms with Gasteiger partial charge in [-0.1, -0.05) is 17.3 Å². The van der Waals surface area contributed by atoms with Crippen molar-refractivity contribution in [3.05, 3.63) is 53.4 Å². The second-order valence-corrected chi connectivity index (χ2v) is 5.08. The Bertz CT molecular complexity index is 866. The van der Waals surface area contributed by atoms with Crippen molar-refractivity contribution in [1.82, 2.24) is 19.3 Å². The molecule has 2 aromatic heterocycles. The van der Waals surface area contributed by atoms with Gasteiger partial charge in [-0.25, -0.2) is 4.98 Å². The zero-order chi connectivity index (χ0) is 14.6. The van der Waals surface area contributed by atoms with E-state index in [-0.39, 0.29) is 5.84 Å². The van der Waals surface area contributed by atoms with Crippen LogP contribution in [-0.2, 0) is 6.42 Å². The van der Waals surface area contributed by atoms with E-state index in [1.165, 1.54) is 0 Å². The molecular weight excluding hydrogens is 268 g/mol. The standard InChI is InChI=1S/C14H14N6O/c1-8-11-6-12-13(14(15)18-21)16-7-19(12)9-4-2-3-5-10(9)20(11)17-8/h2-5,7,17,21H,6H2,1H3,(H2,15,18). The number of hydrogen-bond donors (Lipinski definition) is 3. The summed E-state index contributed by atoms with van der Waals surface area (Å²) in [5.41, 5.74) is 11.5. The predicted molar refractivity (Wildman–Crippen MR) is 77.3 cm³/mol. The molecule has 4 N–H and O–H groups in total. The Morgan fingerprint density at radius 3 is 2.81 bits per heavy atom. The van der Waals surface area contributed by atoms with E-state index >= 15 is 0 Å². The van der Waals surface area contributed by atoms with Gasteiger partial charge in [0.1, 0.15) is 12.0 Å². The molecule has 0 saturated heterocycles. The SMILES string of the molecule is Cc1[nH]n2c1Cc1c(/C(N)=N/O)ncn1-c1ccccc1-2. The van der Waals surface area contributed by atoms with Crippen LogP contribution in [0.3, 0.4) is 0 Å². The van der Waals surface area contributed by atoms with Gasteiger partial charge in [0.2, 0.25) is 0 Å². The number of nitrogens with zero attached hydrogens (tertiary/aromatic N) is 4. The van der Waals surface area contributed by atoms with Gasteiger partial charge in [-0.05, 0) is 19.1 Å². The average Bonchev–Trinajstić information content (AvgIpc) is 2.88. The molecule has 0 radical (unpaired) electrons. The van der Waals surface area contributed by atoms with E-state index in [0.717, 1.165) is 28.5 Å². The van der Waals surface area contributed by atoms with Crippen LogP contribution in [0.25, 0.3) is 11.4 Å². The molecule has 3 aromatic rings. The Hall–Kier alpha value is -2.96. The van der Waals surface area contributed by atoms with Gasteiger partial charge >= 0.3 is 0 Å². The van der Waals surface area contributed by atoms with E-state index in [9.17, 15) is 0 Å². The fourth-order valence-electron chi connectivity index (χ4n) is 2.86. The topological polar surface area (TPSA) is 97.2 Å². The highest BCUT2D eigenvalue weighted by Crippen LogP contribution is 2.30. The molecule has 106 valence electrons. The van der Waals surface area contributed by atoms with Crippen LogP contribution in [0, 0.1) is 6.92 Å². The fourth-order valence-corrected chi connectivity index (χ4v) is 2.86. The number of nitrogens with one attached hydrogen (secondary N) is 1. The van der Waals surface area contributed by atoms with Crippen LogP contribution in [0.2, 0.25) is 0 Å². The molecule has 4 rings (SSSR count). The van der Waals surface area contributed by atoms with Gasteiger partial charge in [0.05, 0.1) is 28.5 Å².